The summed E-state index contributed by atoms with van der Waals surface area (Å²) < 4.78 is 11.0. The lowest BCUT2D eigenvalue weighted by atomic mass is 9.99. The number of nitrogens with zero attached hydrogens (tertiary/aromatic N) is 3. The summed E-state index contributed by atoms with van der Waals surface area (Å²) in [6, 6.07) is 9.82. The third-order valence-corrected chi connectivity index (χ3v) is 4.79. The van der Waals surface area contributed by atoms with E-state index < -0.39 is 0 Å². The first-order chi connectivity index (χ1) is 12.3. The van der Waals surface area contributed by atoms with Gasteiger partial charge in [-0.05, 0) is 24.3 Å². The zero-order chi connectivity index (χ0) is 17.1. The number of likely N-dealkylation sites (tertiary alicyclic amines) is 1. The fourth-order valence-electron chi connectivity index (χ4n) is 2.95. The normalized spacial score (nSPS) is 17.5. The number of rotatable bonds is 8. The van der Waals surface area contributed by atoms with Crippen molar-refractivity contribution in [3.8, 4) is 0 Å². The first-order valence-corrected chi connectivity index (χ1v) is 9.00. The molecule has 1 saturated heterocycles. The fraction of sp³-hybridized carbons (Fsp3) is 0.526. The lowest BCUT2D eigenvalue weighted by Crippen LogP contribution is -2.49. The van der Waals surface area contributed by atoms with E-state index in [0.717, 1.165) is 18.1 Å². The fourth-order valence-corrected chi connectivity index (χ4v) is 2.95. The molecule has 0 spiro atoms. The van der Waals surface area contributed by atoms with Crippen LogP contribution in [0.5, 0.6) is 0 Å². The molecule has 132 valence electrons. The molecule has 1 saturated carbocycles. The third-order valence-electron chi connectivity index (χ3n) is 4.79. The molecule has 0 N–H and O–H groups in total. The van der Waals surface area contributed by atoms with Crippen LogP contribution in [0.15, 0.2) is 34.9 Å². The van der Waals surface area contributed by atoms with Crippen LogP contribution in [0, 0.1) is 5.92 Å². The van der Waals surface area contributed by atoms with Gasteiger partial charge in [-0.3, -0.25) is 4.79 Å². The first-order valence-electron chi connectivity index (χ1n) is 9.00. The Morgan fingerprint density at radius 1 is 1.24 bits per heavy atom. The van der Waals surface area contributed by atoms with Crippen LogP contribution in [0.1, 0.15) is 36.0 Å². The van der Waals surface area contributed by atoms with E-state index in [1.807, 2.05) is 35.2 Å². The van der Waals surface area contributed by atoms with Crippen LogP contribution in [0.2, 0.25) is 0 Å². The summed E-state index contributed by atoms with van der Waals surface area (Å²) in [7, 11) is 0. The molecule has 2 heterocycles. The molecule has 1 aromatic carbocycles. The minimum absolute atomic E-state index is 0.149. The van der Waals surface area contributed by atoms with E-state index in [-0.39, 0.29) is 11.8 Å². The highest BCUT2D eigenvalue weighted by Gasteiger charge is 2.35. The van der Waals surface area contributed by atoms with Gasteiger partial charge in [0.1, 0.15) is 0 Å². The number of aromatic nitrogens is 2. The van der Waals surface area contributed by atoms with E-state index in [1.54, 1.807) is 0 Å². The van der Waals surface area contributed by atoms with Gasteiger partial charge in [0.25, 0.3) is 0 Å². The second kappa shape index (κ2) is 7.35. The zero-order valence-electron chi connectivity index (χ0n) is 14.3. The van der Waals surface area contributed by atoms with Crippen molar-refractivity contribution < 1.29 is 14.1 Å². The highest BCUT2D eigenvalue weighted by Crippen LogP contribution is 2.29. The molecular weight excluding hydrogens is 318 g/mol. The number of carbonyl (C=O) groups excluding carboxylic acids is 1. The van der Waals surface area contributed by atoms with E-state index in [9.17, 15) is 4.79 Å². The third kappa shape index (κ3) is 4.25. The van der Waals surface area contributed by atoms with Crippen molar-refractivity contribution in [1.29, 1.82) is 0 Å². The number of carbonyl (C=O) groups is 1. The van der Waals surface area contributed by atoms with Gasteiger partial charge in [-0.1, -0.05) is 35.5 Å². The van der Waals surface area contributed by atoms with Crippen molar-refractivity contribution in [2.75, 3.05) is 26.3 Å². The van der Waals surface area contributed by atoms with Gasteiger partial charge in [0.2, 0.25) is 11.8 Å². The lowest BCUT2D eigenvalue weighted by Gasteiger charge is -2.37. The standard InChI is InChI=1S/C19H23N3O3/c23-18(10-14-4-2-1-3-5-14)22-11-16(12-22)19-20-17(21-25-19)8-9-24-13-15-6-7-15/h1-5,15-16H,6-13H2. The molecule has 0 atom stereocenters. The Bertz CT molecular complexity index is 706. The minimum Gasteiger partial charge on any atom is -0.381 e. The molecule has 0 unspecified atom stereocenters. The van der Waals surface area contributed by atoms with Crippen LogP contribution in [0.25, 0.3) is 0 Å². The maximum Gasteiger partial charge on any atom is 0.233 e. The van der Waals surface area contributed by atoms with Crippen molar-refractivity contribution in [2.45, 2.75) is 31.6 Å². The predicted octanol–water partition coefficient (Wildman–Crippen LogP) is 2.21. The highest BCUT2D eigenvalue weighted by atomic mass is 16.5. The van der Waals surface area contributed by atoms with Crippen LogP contribution in [-0.4, -0.2) is 47.3 Å². The van der Waals surface area contributed by atoms with Gasteiger partial charge in [0, 0.05) is 26.1 Å². The van der Waals surface area contributed by atoms with Crippen molar-refractivity contribution in [2.24, 2.45) is 5.92 Å². The average molecular weight is 341 g/mol. The van der Waals surface area contributed by atoms with Crippen LogP contribution in [-0.2, 0) is 22.4 Å². The maximum absolute atomic E-state index is 12.3. The van der Waals surface area contributed by atoms with Crippen molar-refractivity contribution >= 4 is 5.91 Å². The number of hydrogen-bond acceptors (Lipinski definition) is 5. The van der Waals surface area contributed by atoms with Crippen LogP contribution >= 0.6 is 0 Å². The van der Waals surface area contributed by atoms with Gasteiger partial charge >= 0.3 is 0 Å². The SMILES string of the molecule is O=C(Cc1ccccc1)N1CC(c2nc(CCOCC3CC3)no2)C1. The molecule has 6 nitrogen and oxygen atoms in total. The molecule has 2 aromatic rings. The monoisotopic (exact) mass is 341 g/mol. The molecule has 1 amide bonds. The molecule has 1 aliphatic carbocycles. The number of ether oxygens (including phenoxy) is 1. The largest absolute Gasteiger partial charge is 0.381 e. The van der Waals surface area contributed by atoms with Crippen molar-refractivity contribution in [3.63, 3.8) is 0 Å². The van der Waals surface area contributed by atoms with Gasteiger partial charge in [-0.2, -0.15) is 4.98 Å². The van der Waals surface area contributed by atoms with E-state index in [4.69, 9.17) is 9.26 Å². The van der Waals surface area contributed by atoms with Crippen molar-refractivity contribution in [3.05, 3.63) is 47.6 Å². The first kappa shape index (κ1) is 16.3. The van der Waals surface area contributed by atoms with E-state index >= 15 is 0 Å². The average Bonchev–Trinajstić information content (AvgIpc) is 3.29. The van der Waals surface area contributed by atoms with Gasteiger partial charge in [0.05, 0.1) is 18.9 Å². The summed E-state index contributed by atoms with van der Waals surface area (Å²) >= 11 is 0. The van der Waals surface area contributed by atoms with Crippen LogP contribution < -0.4 is 0 Å². The number of hydrogen-bond donors (Lipinski definition) is 0. The Hall–Kier alpha value is -2.21. The predicted molar refractivity (Wildman–Crippen MR) is 91.0 cm³/mol. The quantitative estimate of drug-likeness (QED) is 0.689. The Balaban J connectivity index is 1.20. The summed E-state index contributed by atoms with van der Waals surface area (Å²) in [5.74, 6) is 2.42. The Kier molecular flexibility index (Phi) is 4.78. The molecule has 25 heavy (non-hydrogen) atoms. The maximum atomic E-state index is 12.3. The summed E-state index contributed by atoms with van der Waals surface area (Å²) in [5, 5.41) is 4.02. The Morgan fingerprint density at radius 3 is 2.80 bits per heavy atom. The molecule has 1 aliphatic heterocycles. The zero-order valence-corrected chi connectivity index (χ0v) is 14.3. The summed E-state index contributed by atoms with van der Waals surface area (Å²) in [6.07, 6.45) is 3.72. The topological polar surface area (TPSA) is 68.5 Å². The van der Waals surface area contributed by atoms with Gasteiger partial charge in [0.15, 0.2) is 5.82 Å². The molecule has 0 radical (unpaired) electrons. The second-order valence-electron chi connectivity index (χ2n) is 6.98. The summed E-state index contributed by atoms with van der Waals surface area (Å²) in [5.41, 5.74) is 1.04. The Morgan fingerprint density at radius 2 is 2.04 bits per heavy atom. The molecule has 0 bridgehead atoms. The highest BCUT2D eigenvalue weighted by molar-refractivity contribution is 5.79. The minimum atomic E-state index is 0.149. The summed E-state index contributed by atoms with van der Waals surface area (Å²) in [4.78, 5) is 18.5. The van der Waals surface area contributed by atoms with E-state index in [2.05, 4.69) is 10.1 Å². The summed E-state index contributed by atoms with van der Waals surface area (Å²) in [6.45, 7) is 2.81. The Labute approximate surface area is 147 Å². The molecule has 4 rings (SSSR count). The smallest absolute Gasteiger partial charge is 0.233 e. The van der Waals surface area contributed by atoms with Crippen LogP contribution in [0.4, 0.5) is 0 Å². The molecule has 2 fully saturated rings. The number of amides is 1. The number of benzene rings is 1. The molecule has 1 aromatic heterocycles. The lowest BCUT2D eigenvalue weighted by molar-refractivity contribution is -0.135. The molecule has 6 heteroatoms. The second-order valence-corrected chi connectivity index (χ2v) is 6.98. The molecule has 2 aliphatic rings. The van der Waals surface area contributed by atoms with Crippen LogP contribution in [0.3, 0.4) is 0 Å². The van der Waals surface area contributed by atoms with Gasteiger partial charge in [-0.15, -0.1) is 0 Å². The van der Waals surface area contributed by atoms with E-state index in [1.165, 1.54) is 12.8 Å². The van der Waals surface area contributed by atoms with E-state index in [0.29, 0.717) is 44.3 Å². The van der Waals surface area contributed by atoms with Crippen molar-refractivity contribution in [1.82, 2.24) is 15.0 Å². The molecular formula is C19H23N3O3. The van der Waals surface area contributed by atoms with Gasteiger partial charge in [-0.25, -0.2) is 0 Å². The van der Waals surface area contributed by atoms with Gasteiger partial charge < -0.3 is 14.2 Å².